The zero-order valence-electron chi connectivity index (χ0n) is 18.3. The number of amides is 1. The van der Waals surface area contributed by atoms with Gasteiger partial charge in [-0.15, -0.1) is 0 Å². The molecule has 1 aromatic rings. The van der Waals surface area contributed by atoms with Gasteiger partial charge in [-0.1, -0.05) is 43.4 Å². The van der Waals surface area contributed by atoms with Crippen molar-refractivity contribution in [1.29, 1.82) is 0 Å². The van der Waals surface area contributed by atoms with E-state index < -0.39 is 18.2 Å². The van der Waals surface area contributed by atoms with Crippen molar-refractivity contribution in [2.75, 3.05) is 0 Å². The van der Waals surface area contributed by atoms with Gasteiger partial charge in [-0.05, 0) is 37.3 Å². The molecule has 1 fully saturated rings. The molecule has 1 amide bonds. The third kappa shape index (κ3) is 6.80. The summed E-state index contributed by atoms with van der Waals surface area (Å²) in [5, 5.41) is 23.2. The highest BCUT2D eigenvalue weighted by molar-refractivity contribution is 5.94. The number of carbonyl (C=O) groups excluding carboxylic acids is 2. The number of allylic oxidation sites excluding steroid dienone is 3. The molecule has 0 radical (unpaired) electrons. The summed E-state index contributed by atoms with van der Waals surface area (Å²) in [5.74, 6) is -0.969. The van der Waals surface area contributed by atoms with Gasteiger partial charge in [0.2, 0.25) is 5.91 Å². The molecule has 0 aromatic heterocycles. The van der Waals surface area contributed by atoms with Crippen molar-refractivity contribution in [2.45, 2.75) is 69.9 Å². The fraction of sp³-hybridized carbons (Fsp3) is 0.440. The Kier molecular flexibility index (Phi) is 8.64. The highest BCUT2D eigenvalue weighted by Gasteiger charge is 2.34. The number of nitrogens with one attached hydrogen (secondary N) is 1. The number of phenols is 1. The lowest BCUT2D eigenvalue weighted by molar-refractivity contribution is -0.115. The minimum atomic E-state index is -0.577. The fourth-order valence-electron chi connectivity index (χ4n) is 4.07. The Morgan fingerprint density at radius 2 is 2.00 bits per heavy atom. The summed E-state index contributed by atoms with van der Waals surface area (Å²) in [5.41, 5.74) is 0.780. The molecular weight excluding hydrogens is 410 g/mol. The first kappa shape index (κ1) is 23.8. The van der Waals surface area contributed by atoms with Crippen LogP contribution in [0.25, 0.3) is 0 Å². The van der Waals surface area contributed by atoms with E-state index in [1.807, 2.05) is 19.1 Å². The molecule has 2 heterocycles. The Labute approximate surface area is 188 Å². The number of fused-ring (bicyclic) bond motifs is 3. The Balaban J connectivity index is 1.70. The van der Waals surface area contributed by atoms with E-state index in [1.54, 1.807) is 24.3 Å². The summed E-state index contributed by atoms with van der Waals surface area (Å²) in [6.45, 7) is 2.01. The molecule has 0 spiro atoms. The lowest BCUT2D eigenvalue weighted by Gasteiger charge is -2.36. The van der Waals surface area contributed by atoms with Gasteiger partial charge in [0.05, 0.1) is 18.3 Å². The highest BCUT2D eigenvalue weighted by Crippen LogP contribution is 2.32. The first-order valence-electron chi connectivity index (χ1n) is 11.1. The highest BCUT2D eigenvalue weighted by atomic mass is 16.5. The Morgan fingerprint density at radius 3 is 2.81 bits per heavy atom. The van der Waals surface area contributed by atoms with Crippen molar-refractivity contribution in [3.8, 4) is 5.75 Å². The monoisotopic (exact) mass is 441 g/mol. The van der Waals surface area contributed by atoms with Crippen LogP contribution in [0, 0.1) is 0 Å². The number of rotatable bonds is 6. The fourth-order valence-corrected chi connectivity index (χ4v) is 4.07. The van der Waals surface area contributed by atoms with E-state index in [1.165, 1.54) is 18.3 Å². The summed E-state index contributed by atoms with van der Waals surface area (Å²) < 4.78 is 11.9. The molecule has 2 unspecified atom stereocenters. The topological polar surface area (TPSA) is 105 Å². The molecule has 3 rings (SSSR count). The maximum Gasteiger partial charge on any atom is 0.342 e. The van der Waals surface area contributed by atoms with Gasteiger partial charge in [-0.3, -0.25) is 4.79 Å². The van der Waals surface area contributed by atoms with Crippen LogP contribution in [0.4, 0.5) is 0 Å². The second-order valence-electron chi connectivity index (χ2n) is 8.13. The Hall–Kier alpha value is -2.90. The summed E-state index contributed by atoms with van der Waals surface area (Å²) >= 11 is 0. The number of esters is 1. The van der Waals surface area contributed by atoms with E-state index in [0.717, 1.165) is 6.42 Å². The van der Waals surface area contributed by atoms with E-state index in [4.69, 9.17) is 9.47 Å². The normalized spacial score (nSPS) is 26.2. The summed E-state index contributed by atoms with van der Waals surface area (Å²) in [6.07, 6.45) is 11.7. The molecule has 0 aliphatic carbocycles. The molecule has 1 aromatic carbocycles. The maximum absolute atomic E-state index is 12.9. The van der Waals surface area contributed by atoms with Crippen LogP contribution in [-0.2, 0) is 20.7 Å². The number of carbonyl (C=O) groups is 2. The van der Waals surface area contributed by atoms with Crippen molar-refractivity contribution in [3.63, 3.8) is 0 Å². The van der Waals surface area contributed by atoms with E-state index in [2.05, 4.69) is 5.32 Å². The molecule has 2 bridgehead atoms. The van der Waals surface area contributed by atoms with Gasteiger partial charge in [0.15, 0.2) is 0 Å². The van der Waals surface area contributed by atoms with E-state index in [-0.39, 0.29) is 29.4 Å². The summed E-state index contributed by atoms with van der Waals surface area (Å²) in [6, 6.07) is 4.91. The molecule has 2 aliphatic rings. The van der Waals surface area contributed by atoms with Crippen molar-refractivity contribution in [3.05, 3.63) is 65.9 Å². The van der Waals surface area contributed by atoms with Crippen molar-refractivity contribution < 1.29 is 29.3 Å². The van der Waals surface area contributed by atoms with Gasteiger partial charge in [-0.2, -0.15) is 0 Å². The van der Waals surface area contributed by atoms with Crippen LogP contribution in [0.5, 0.6) is 5.75 Å². The first-order valence-corrected chi connectivity index (χ1v) is 11.1. The smallest absolute Gasteiger partial charge is 0.342 e. The number of ether oxygens (including phenoxy) is 2. The van der Waals surface area contributed by atoms with Gasteiger partial charge in [0, 0.05) is 25.1 Å². The standard InChI is InChI=1S/C25H31NO6/c1-2-3-4-5-11-23(29)26-12-7-9-19-16-21-15-18(27)14-20(31-21)13-17-8-6-10-22(28)24(17)25(30)32-19/h3-8,10-12,18-21,27-28H,2,9,13-16H2,1H3,(H,26,29)/t18-,19?,20?,21+/m0/s1. The number of hydrogen-bond acceptors (Lipinski definition) is 6. The van der Waals surface area contributed by atoms with Crippen molar-refractivity contribution in [2.24, 2.45) is 0 Å². The third-order valence-corrected chi connectivity index (χ3v) is 5.51. The van der Waals surface area contributed by atoms with Crippen molar-refractivity contribution >= 4 is 11.9 Å². The van der Waals surface area contributed by atoms with Crippen LogP contribution in [-0.4, -0.2) is 46.5 Å². The van der Waals surface area contributed by atoms with E-state index >= 15 is 0 Å². The quantitative estimate of drug-likeness (QED) is 0.355. The average Bonchev–Trinajstić information content (AvgIpc) is 2.73. The summed E-state index contributed by atoms with van der Waals surface area (Å²) in [7, 11) is 0. The van der Waals surface area contributed by atoms with Gasteiger partial charge in [0.1, 0.15) is 17.4 Å². The van der Waals surface area contributed by atoms with Crippen LogP contribution in [0.15, 0.2) is 54.8 Å². The van der Waals surface area contributed by atoms with Crippen LogP contribution in [0.2, 0.25) is 0 Å². The number of benzene rings is 1. The van der Waals surface area contributed by atoms with E-state index in [0.29, 0.717) is 37.7 Å². The second kappa shape index (κ2) is 11.6. The molecule has 3 N–H and O–H groups in total. The number of aliphatic hydroxyl groups excluding tert-OH is 1. The lowest BCUT2D eigenvalue weighted by atomic mass is 9.91. The molecule has 2 aliphatic heterocycles. The van der Waals surface area contributed by atoms with Gasteiger partial charge in [-0.25, -0.2) is 4.79 Å². The Bertz CT molecular complexity index is 890. The van der Waals surface area contributed by atoms with Crippen LogP contribution < -0.4 is 5.32 Å². The number of cyclic esters (lactones) is 1. The van der Waals surface area contributed by atoms with Crippen LogP contribution in [0.1, 0.15) is 54.9 Å². The molecule has 0 saturated carbocycles. The van der Waals surface area contributed by atoms with Gasteiger partial charge in [0.25, 0.3) is 0 Å². The predicted molar refractivity (Wildman–Crippen MR) is 120 cm³/mol. The Morgan fingerprint density at radius 1 is 1.19 bits per heavy atom. The predicted octanol–water partition coefficient (Wildman–Crippen LogP) is 3.31. The zero-order chi connectivity index (χ0) is 22.9. The minimum absolute atomic E-state index is 0.133. The second-order valence-corrected chi connectivity index (χ2v) is 8.13. The molecule has 7 heteroatoms. The number of hydrogen-bond donors (Lipinski definition) is 3. The molecule has 32 heavy (non-hydrogen) atoms. The summed E-state index contributed by atoms with van der Waals surface area (Å²) in [4.78, 5) is 24.7. The molecular formula is C25H31NO6. The zero-order valence-corrected chi connectivity index (χ0v) is 18.3. The van der Waals surface area contributed by atoms with Crippen molar-refractivity contribution in [1.82, 2.24) is 5.32 Å². The number of aliphatic hydroxyl groups is 1. The van der Waals surface area contributed by atoms with Crippen LogP contribution in [0.3, 0.4) is 0 Å². The van der Waals surface area contributed by atoms with E-state index in [9.17, 15) is 19.8 Å². The van der Waals surface area contributed by atoms with Crippen LogP contribution >= 0.6 is 0 Å². The number of phenolic OH excluding ortho intramolecular Hbond substituents is 1. The first-order chi connectivity index (χ1) is 15.5. The third-order valence-electron chi connectivity index (χ3n) is 5.51. The molecule has 1 saturated heterocycles. The van der Waals surface area contributed by atoms with Gasteiger partial charge < -0.3 is 25.0 Å². The lowest BCUT2D eigenvalue weighted by Crippen LogP contribution is -2.40. The number of aromatic hydroxyl groups is 1. The molecule has 4 atom stereocenters. The molecule has 172 valence electrons. The largest absolute Gasteiger partial charge is 0.507 e. The van der Waals surface area contributed by atoms with Gasteiger partial charge >= 0.3 is 5.97 Å². The maximum atomic E-state index is 12.9. The molecule has 7 nitrogen and oxygen atoms in total. The minimum Gasteiger partial charge on any atom is -0.507 e. The average molecular weight is 442 g/mol. The SMILES string of the molecule is CCC=CC=CC(=O)NC=CCC1C[C@H]2C[C@@H](O)CC(Cc3cccc(O)c3C(=O)O1)O2.